The number of nitrogens with zero attached hydrogens (tertiary/aromatic N) is 5. The molecule has 0 radical (unpaired) electrons. The Morgan fingerprint density at radius 3 is 2.68 bits per heavy atom. The number of anilines is 1. The maximum atomic E-state index is 14.5. The predicted octanol–water partition coefficient (Wildman–Crippen LogP) is 1.10. The van der Waals surface area contributed by atoms with Crippen molar-refractivity contribution in [2.75, 3.05) is 39.0 Å². The lowest BCUT2D eigenvalue weighted by Crippen LogP contribution is -2.53. The van der Waals surface area contributed by atoms with E-state index in [9.17, 15) is 19.0 Å². The fraction of sp³-hybridized carbons (Fsp3) is 0.714. The average Bonchev–Trinajstić information content (AvgIpc) is 3.34. The van der Waals surface area contributed by atoms with Crippen molar-refractivity contribution in [3.8, 4) is 0 Å². The van der Waals surface area contributed by atoms with Crippen LogP contribution in [0.4, 0.5) is 14.6 Å². The molecule has 0 aromatic carbocycles. The van der Waals surface area contributed by atoms with Gasteiger partial charge in [-0.05, 0) is 45.5 Å². The number of likely N-dealkylation sites (tertiary alicyclic amines) is 2. The third kappa shape index (κ3) is 3.49. The van der Waals surface area contributed by atoms with Crippen LogP contribution in [0.1, 0.15) is 31.7 Å². The van der Waals surface area contributed by atoms with Gasteiger partial charge in [0.2, 0.25) is 0 Å². The van der Waals surface area contributed by atoms with Gasteiger partial charge in [-0.1, -0.05) is 0 Å². The summed E-state index contributed by atoms with van der Waals surface area (Å²) in [6, 6.07) is 1.40. The first-order valence-electron chi connectivity index (χ1n) is 10.9. The molecule has 1 saturated carbocycles. The highest BCUT2D eigenvalue weighted by molar-refractivity contribution is 5.86. The second kappa shape index (κ2) is 7.33. The van der Waals surface area contributed by atoms with E-state index in [1.807, 2.05) is 16.5 Å². The molecule has 0 bridgehead atoms. The maximum Gasteiger partial charge on any atom is 0.262 e. The molecular formula is C21H30F2N6O2. The van der Waals surface area contributed by atoms with Crippen molar-refractivity contribution in [3.63, 3.8) is 0 Å². The first kappa shape index (κ1) is 21.0. The lowest BCUT2D eigenvalue weighted by atomic mass is 9.84. The summed E-state index contributed by atoms with van der Waals surface area (Å²) in [6.07, 6.45) is 2.93. The summed E-state index contributed by atoms with van der Waals surface area (Å²) < 4.78 is 30.8. The topological polar surface area (TPSA) is 104 Å². The van der Waals surface area contributed by atoms with Gasteiger partial charge in [0.1, 0.15) is 23.9 Å². The molecule has 5 rings (SSSR count). The highest BCUT2D eigenvalue weighted by Crippen LogP contribution is 2.47. The van der Waals surface area contributed by atoms with E-state index >= 15 is 0 Å². The Kier molecular flexibility index (Phi) is 4.96. The molecular weight excluding hydrogens is 406 g/mol. The van der Waals surface area contributed by atoms with Crippen LogP contribution in [-0.4, -0.2) is 91.4 Å². The van der Waals surface area contributed by atoms with E-state index in [0.717, 1.165) is 13.1 Å². The molecule has 2 saturated heterocycles. The number of rotatable bonds is 3. The molecule has 4 heterocycles. The van der Waals surface area contributed by atoms with Gasteiger partial charge in [-0.2, -0.15) is 0 Å². The predicted molar refractivity (Wildman–Crippen MR) is 112 cm³/mol. The minimum absolute atomic E-state index is 0.124. The van der Waals surface area contributed by atoms with Crippen LogP contribution in [-0.2, 0) is 0 Å². The van der Waals surface area contributed by atoms with Gasteiger partial charge < -0.3 is 25.4 Å². The van der Waals surface area contributed by atoms with Crippen molar-refractivity contribution < 1.29 is 19.0 Å². The Morgan fingerprint density at radius 1 is 1.19 bits per heavy atom. The summed E-state index contributed by atoms with van der Waals surface area (Å²) in [6.45, 7) is 1.66. The lowest BCUT2D eigenvalue weighted by Gasteiger charge is -2.44. The van der Waals surface area contributed by atoms with E-state index in [4.69, 9.17) is 5.73 Å². The van der Waals surface area contributed by atoms with E-state index in [1.165, 1.54) is 6.33 Å². The van der Waals surface area contributed by atoms with Crippen molar-refractivity contribution in [2.45, 2.75) is 55.4 Å². The molecule has 31 heavy (non-hydrogen) atoms. The number of piperidine rings is 1. The largest absolute Gasteiger partial charge is 0.390 e. The zero-order chi connectivity index (χ0) is 22.0. The van der Waals surface area contributed by atoms with Crippen LogP contribution in [0.15, 0.2) is 18.6 Å². The third-order valence-corrected chi connectivity index (χ3v) is 7.72. The molecule has 4 atom stereocenters. The number of hydrogen-bond acceptors (Lipinski definition) is 7. The van der Waals surface area contributed by atoms with Crippen LogP contribution >= 0.6 is 0 Å². The summed E-state index contributed by atoms with van der Waals surface area (Å²) >= 11 is 0. The number of nitrogens with two attached hydrogens (primary N) is 1. The Labute approximate surface area is 179 Å². The number of aromatic nitrogens is 3. The molecule has 10 heteroatoms. The number of aliphatic hydroxyl groups excluding tert-OH is 2. The molecule has 8 nitrogen and oxygen atoms in total. The maximum absolute atomic E-state index is 14.5. The van der Waals surface area contributed by atoms with E-state index in [1.54, 1.807) is 12.3 Å². The van der Waals surface area contributed by atoms with Crippen molar-refractivity contribution in [3.05, 3.63) is 18.6 Å². The van der Waals surface area contributed by atoms with Gasteiger partial charge in [-0.3, -0.25) is 4.90 Å². The van der Waals surface area contributed by atoms with Gasteiger partial charge in [0.05, 0.1) is 24.1 Å². The van der Waals surface area contributed by atoms with Gasteiger partial charge in [0.25, 0.3) is 5.92 Å². The van der Waals surface area contributed by atoms with E-state index < -0.39 is 29.7 Å². The molecule has 2 aromatic heterocycles. The fourth-order valence-corrected chi connectivity index (χ4v) is 5.98. The van der Waals surface area contributed by atoms with E-state index in [-0.39, 0.29) is 18.9 Å². The minimum atomic E-state index is -2.72. The highest BCUT2D eigenvalue weighted by atomic mass is 19.3. The summed E-state index contributed by atoms with van der Waals surface area (Å²) in [5.74, 6) is -2.67. The molecule has 3 aliphatic rings. The number of aliphatic hydroxyl groups is 2. The molecule has 4 N–H and O–H groups in total. The SMILES string of the molecule is CN1CCC2(CC1)CC(F)(F)CN2C[C@H]1C[C@@H](n2ccc3c(N)ncnc32)[C@H](O)[C@@H]1O. The van der Waals surface area contributed by atoms with Crippen LogP contribution in [0.25, 0.3) is 11.0 Å². The monoisotopic (exact) mass is 436 g/mol. The smallest absolute Gasteiger partial charge is 0.262 e. The van der Waals surface area contributed by atoms with Crippen LogP contribution in [0, 0.1) is 5.92 Å². The lowest BCUT2D eigenvalue weighted by molar-refractivity contribution is -0.0145. The zero-order valence-electron chi connectivity index (χ0n) is 17.7. The second-order valence-corrected chi connectivity index (χ2v) is 9.70. The number of nitrogen functional groups attached to an aromatic ring is 1. The fourth-order valence-electron chi connectivity index (χ4n) is 5.98. The van der Waals surface area contributed by atoms with Crippen molar-refractivity contribution in [1.29, 1.82) is 0 Å². The van der Waals surface area contributed by atoms with Gasteiger partial charge in [0, 0.05) is 30.6 Å². The summed E-state index contributed by atoms with van der Waals surface area (Å²) in [5, 5.41) is 22.3. The normalized spacial score (nSPS) is 33.6. The standard InChI is InChI=1S/C21H30F2N6O2/c1-27-6-3-20(4-7-27)10-21(22,23)11-28(20)9-13-8-15(17(31)16(13)30)29-5-2-14-18(24)25-12-26-19(14)29/h2,5,12-13,15-17,30-31H,3-4,6-11H2,1H3,(H2,24,25,26)/t13-,15-,16-,17+/m1/s1. The average molecular weight is 437 g/mol. The van der Waals surface area contributed by atoms with Crippen LogP contribution in [0.2, 0.25) is 0 Å². The first-order valence-corrected chi connectivity index (χ1v) is 10.9. The third-order valence-electron chi connectivity index (χ3n) is 7.72. The van der Waals surface area contributed by atoms with Gasteiger partial charge in [0.15, 0.2) is 0 Å². The highest BCUT2D eigenvalue weighted by Gasteiger charge is 2.56. The van der Waals surface area contributed by atoms with Crippen molar-refractivity contribution in [1.82, 2.24) is 24.3 Å². The quantitative estimate of drug-likeness (QED) is 0.662. The summed E-state index contributed by atoms with van der Waals surface area (Å²) in [7, 11) is 2.02. The van der Waals surface area contributed by atoms with Crippen molar-refractivity contribution >= 4 is 16.9 Å². The molecule has 1 aliphatic carbocycles. The van der Waals surface area contributed by atoms with Gasteiger partial charge in [-0.25, -0.2) is 18.7 Å². The molecule has 2 aromatic rings. The first-order chi connectivity index (χ1) is 14.7. The van der Waals surface area contributed by atoms with Crippen LogP contribution < -0.4 is 5.73 Å². The Bertz CT molecular complexity index is 960. The minimum Gasteiger partial charge on any atom is -0.390 e. The number of alkyl halides is 2. The molecule has 3 fully saturated rings. The van der Waals surface area contributed by atoms with Gasteiger partial charge in [-0.15, -0.1) is 0 Å². The molecule has 2 aliphatic heterocycles. The summed E-state index contributed by atoms with van der Waals surface area (Å²) in [4.78, 5) is 12.4. The number of hydrogen-bond donors (Lipinski definition) is 3. The summed E-state index contributed by atoms with van der Waals surface area (Å²) in [5.41, 5.74) is 6.00. The van der Waals surface area contributed by atoms with Crippen molar-refractivity contribution in [2.24, 2.45) is 5.92 Å². The Hall–Kier alpha value is -1.88. The van der Waals surface area contributed by atoms with Gasteiger partial charge >= 0.3 is 0 Å². The Balaban J connectivity index is 1.38. The number of halogens is 2. The van der Waals surface area contributed by atoms with Crippen LogP contribution in [0.5, 0.6) is 0 Å². The molecule has 0 unspecified atom stereocenters. The van der Waals surface area contributed by atoms with E-state index in [0.29, 0.717) is 42.7 Å². The molecule has 0 amide bonds. The Morgan fingerprint density at radius 2 is 1.94 bits per heavy atom. The molecule has 170 valence electrons. The second-order valence-electron chi connectivity index (χ2n) is 9.70. The van der Waals surface area contributed by atoms with E-state index in [2.05, 4.69) is 14.9 Å². The number of fused-ring (bicyclic) bond motifs is 1. The molecule has 1 spiro atoms. The zero-order valence-corrected chi connectivity index (χ0v) is 17.7. The van der Waals surface area contributed by atoms with Crippen LogP contribution in [0.3, 0.4) is 0 Å².